The quantitative estimate of drug-likeness (QED) is 0.866. The second-order valence-corrected chi connectivity index (χ2v) is 3.93. The molecule has 1 aromatic carbocycles. The zero-order chi connectivity index (χ0) is 13.0. The summed E-state index contributed by atoms with van der Waals surface area (Å²) in [5, 5.41) is 8.61. The van der Waals surface area contributed by atoms with Crippen LogP contribution in [0.2, 0.25) is 0 Å². The van der Waals surface area contributed by atoms with Crippen molar-refractivity contribution in [2.24, 2.45) is 0 Å². The molecule has 0 unspecified atom stereocenters. The number of likely N-dealkylation sites (N-methyl/N-ethyl adjacent to an activating group) is 1. The van der Waals surface area contributed by atoms with E-state index in [1.807, 2.05) is 31.2 Å². The maximum absolute atomic E-state index is 11.9. The molecular weight excluding hydrogens is 220 g/mol. The first-order valence-electron chi connectivity index (χ1n) is 5.19. The van der Waals surface area contributed by atoms with E-state index >= 15 is 0 Å². The molecular formula is C12H16N2O3. The van der Waals surface area contributed by atoms with E-state index in [9.17, 15) is 9.59 Å². The third-order valence-corrected chi connectivity index (χ3v) is 2.41. The maximum Gasteiger partial charge on any atom is 0.324 e. The number of amides is 2. The number of hydrogen-bond acceptors (Lipinski definition) is 2. The van der Waals surface area contributed by atoms with Gasteiger partial charge in [0.15, 0.2) is 0 Å². The molecule has 0 saturated heterocycles. The number of anilines is 1. The summed E-state index contributed by atoms with van der Waals surface area (Å²) in [7, 11) is 3.08. The molecule has 0 heterocycles. The van der Waals surface area contributed by atoms with Gasteiger partial charge in [-0.2, -0.15) is 0 Å². The second-order valence-electron chi connectivity index (χ2n) is 3.93. The van der Waals surface area contributed by atoms with Gasteiger partial charge in [-0.05, 0) is 19.1 Å². The normalized spacial score (nSPS) is 9.82. The number of carboxylic acid groups (broad SMARTS) is 1. The molecule has 0 saturated carbocycles. The molecule has 0 aliphatic heterocycles. The maximum atomic E-state index is 11.9. The topological polar surface area (TPSA) is 60.9 Å². The fraction of sp³-hybridized carbons (Fsp3) is 0.333. The first-order valence-corrected chi connectivity index (χ1v) is 5.19. The lowest BCUT2D eigenvalue weighted by Crippen LogP contribution is -2.41. The highest BCUT2D eigenvalue weighted by molar-refractivity contribution is 5.92. The molecule has 1 aromatic rings. The fourth-order valence-electron chi connectivity index (χ4n) is 1.41. The number of carbonyl (C=O) groups excluding carboxylic acids is 1. The highest BCUT2D eigenvalue weighted by atomic mass is 16.4. The third kappa shape index (κ3) is 3.48. The molecule has 17 heavy (non-hydrogen) atoms. The van der Waals surface area contributed by atoms with Gasteiger partial charge < -0.3 is 10.0 Å². The number of urea groups is 1. The van der Waals surface area contributed by atoms with E-state index in [0.29, 0.717) is 0 Å². The van der Waals surface area contributed by atoms with Gasteiger partial charge in [0.1, 0.15) is 6.54 Å². The highest BCUT2D eigenvalue weighted by Crippen LogP contribution is 2.14. The molecule has 0 aliphatic carbocycles. The van der Waals surface area contributed by atoms with Crippen molar-refractivity contribution in [1.82, 2.24) is 4.90 Å². The summed E-state index contributed by atoms with van der Waals surface area (Å²) in [6.07, 6.45) is 0. The van der Waals surface area contributed by atoms with E-state index in [4.69, 9.17) is 5.11 Å². The molecule has 5 nitrogen and oxygen atoms in total. The number of hydrogen-bond donors (Lipinski definition) is 1. The van der Waals surface area contributed by atoms with Crippen molar-refractivity contribution >= 4 is 17.7 Å². The molecule has 1 rings (SSSR count). The van der Waals surface area contributed by atoms with Crippen LogP contribution in [0.1, 0.15) is 5.56 Å². The van der Waals surface area contributed by atoms with Crippen LogP contribution in [-0.4, -0.2) is 42.6 Å². The van der Waals surface area contributed by atoms with Crippen molar-refractivity contribution in [3.63, 3.8) is 0 Å². The molecule has 0 aromatic heterocycles. The van der Waals surface area contributed by atoms with Gasteiger partial charge in [0.05, 0.1) is 0 Å². The van der Waals surface area contributed by atoms with Crippen molar-refractivity contribution in [3.05, 3.63) is 29.8 Å². The second kappa shape index (κ2) is 5.34. The van der Waals surface area contributed by atoms with E-state index in [1.165, 1.54) is 11.9 Å². The number of carbonyl (C=O) groups is 2. The molecule has 92 valence electrons. The Morgan fingerprint density at radius 1 is 1.18 bits per heavy atom. The summed E-state index contributed by atoms with van der Waals surface area (Å²) in [5.74, 6) is -1.03. The Balaban J connectivity index is 2.75. The zero-order valence-corrected chi connectivity index (χ0v) is 10.2. The summed E-state index contributed by atoms with van der Waals surface area (Å²) in [4.78, 5) is 24.9. The number of aryl methyl sites for hydroxylation is 1. The standard InChI is InChI=1S/C12H16N2O3/c1-9-4-6-10(7-5-9)14(3)12(17)13(2)8-11(15)16/h4-7H,8H2,1-3H3,(H,15,16). The van der Waals surface area contributed by atoms with E-state index in [0.717, 1.165) is 16.2 Å². The van der Waals surface area contributed by atoms with Gasteiger partial charge in [0.2, 0.25) is 0 Å². The summed E-state index contributed by atoms with van der Waals surface area (Å²) < 4.78 is 0. The third-order valence-electron chi connectivity index (χ3n) is 2.41. The minimum atomic E-state index is -1.03. The van der Waals surface area contributed by atoms with Gasteiger partial charge in [-0.3, -0.25) is 9.69 Å². The summed E-state index contributed by atoms with van der Waals surface area (Å²) in [6.45, 7) is 1.65. The van der Waals surface area contributed by atoms with Crippen LogP contribution in [0.5, 0.6) is 0 Å². The molecule has 0 aliphatic rings. The lowest BCUT2D eigenvalue weighted by Gasteiger charge is -2.23. The van der Waals surface area contributed by atoms with E-state index in [-0.39, 0.29) is 12.6 Å². The number of aliphatic carboxylic acids is 1. The lowest BCUT2D eigenvalue weighted by atomic mass is 10.2. The van der Waals surface area contributed by atoms with Crippen LogP contribution in [-0.2, 0) is 4.79 Å². The average molecular weight is 236 g/mol. The molecule has 0 radical (unpaired) electrons. The van der Waals surface area contributed by atoms with Crippen molar-refractivity contribution in [3.8, 4) is 0 Å². The Morgan fingerprint density at radius 3 is 2.18 bits per heavy atom. The van der Waals surface area contributed by atoms with Crippen LogP contribution in [0.25, 0.3) is 0 Å². The van der Waals surface area contributed by atoms with Crippen LogP contribution in [0.4, 0.5) is 10.5 Å². The van der Waals surface area contributed by atoms with E-state index in [2.05, 4.69) is 0 Å². The Bertz CT molecular complexity index is 414. The Kier molecular flexibility index (Phi) is 4.09. The molecule has 0 bridgehead atoms. The minimum Gasteiger partial charge on any atom is -0.480 e. The fourth-order valence-corrected chi connectivity index (χ4v) is 1.41. The van der Waals surface area contributed by atoms with Gasteiger partial charge in [0.25, 0.3) is 0 Å². The predicted molar refractivity (Wildman–Crippen MR) is 65.2 cm³/mol. The minimum absolute atomic E-state index is 0.310. The largest absolute Gasteiger partial charge is 0.480 e. The van der Waals surface area contributed by atoms with Crippen LogP contribution in [0.15, 0.2) is 24.3 Å². The van der Waals surface area contributed by atoms with Gasteiger partial charge in [0, 0.05) is 19.8 Å². The predicted octanol–water partition coefficient (Wildman–Crippen LogP) is 1.57. The van der Waals surface area contributed by atoms with Crippen molar-refractivity contribution < 1.29 is 14.7 Å². The number of benzene rings is 1. The van der Waals surface area contributed by atoms with Crippen LogP contribution in [0, 0.1) is 6.92 Å². The molecule has 0 atom stereocenters. The first kappa shape index (κ1) is 13.0. The molecule has 2 amide bonds. The first-order chi connectivity index (χ1) is 7.91. The molecule has 0 fully saturated rings. The van der Waals surface area contributed by atoms with Crippen molar-refractivity contribution in [2.75, 3.05) is 25.5 Å². The van der Waals surface area contributed by atoms with Gasteiger partial charge >= 0.3 is 12.0 Å². The van der Waals surface area contributed by atoms with E-state index < -0.39 is 5.97 Å². The number of nitrogens with zero attached hydrogens (tertiary/aromatic N) is 2. The highest BCUT2D eigenvalue weighted by Gasteiger charge is 2.17. The van der Waals surface area contributed by atoms with Crippen LogP contribution < -0.4 is 4.90 Å². The van der Waals surface area contributed by atoms with Crippen LogP contribution >= 0.6 is 0 Å². The van der Waals surface area contributed by atoms with Crippen molar-refractivity contribution in [1.29, 1.82) is 0 Å². The Hall–Kier alpha value is -2.04. The molecule has 1 N–H and O–H groups in total. The smallest absolute Gasteiger partial charge is 0.324 e. The zero-order valence-electron chi connectivity index (χ0n) is 10.2. The Morgan fingerprint density at radius 2 is 1.71 bits per heavy atom. The van der Waals surface area contributed by atoms with Gasteiger partial charge in [-0.1, -0.05) is 17.7 Å². The summed E-state index contributed by atoms with van der Waals surface area (Å²) >= 11 is 0. The van der Waals surface area contributed by atoms with Gasteiger partial charge in [-0.25, -0.2) is 4.79 Å². The summed E-state index contributed by atoms with van der Waals surface area (Å²) in [5.41, 5.74) is 1.84. The van der Waals surface area contributed by atoms with Crippen LogP contribution in [0.3, 0.4) is 0 Å². The summed E-state index contributed by atoms with van der Waals surface area (Å²) in [6, 6.07) is 7.09. The van der Waals surface area contributed by atoms with Crippen molar-refractivity contribution in [2.45, 2.75) is 6.92 Å². The van der Waals surface area contributed by atoms with Gasteiger partial charge in [-0.15, -0.1) is 0 Å². The Labute approximate surface area is 100 Å². The van der Waals surface area contributed by atoms with E-state index in [1.54, 1.807) is 7.05 Å². The number of rotatable bonds is 3. The molecule has 0 spiro atoms. The SMILES string of the molecule is Cc1ccc(N(C)C(=O)N(C)CC(=O)O)cc1. The lowest BCUT2D eigenvalue weighted by molar-refractivity contribution is -0.137. The average Bonchev–Trinajstić information content (AvgIpc) is 2.27. The molecule has 5 heteroatoms. The monoisotopic (exact) mass is 236 g/mol. The number of carboxylic acids is 1.